The highest BCUT2D eigenvalue weighted by atomic mass is 32.2. The van der Waals surface area contributed by atoms with Gasteiger partial charge in [0.05, 0.1) is 11.8 Å². The lowest BCUT2D eigenvalue weighted by Crippen LogP contribution is -2.47. The molecule has 0 N–H and O–H groups in total. The molecule has 2 heterocycles. The molecule has 4 rings (SSSR count). The zero-order valence-corrected chi connectivity index (χ0v) is 15.5. The Morgan fingerprint density at radius 3 is 2.40 bits per heavy atom. The van der Waals surface area contributed by atoms with E-state index < -0.39 is 0 Å². The largest absolute Gasteiger partial charge is 0.345 e. The van der Waals surface area contributed by atoms with Gasteiger partial charge in [-0.3, -0.25) is 0 Å². The Hall–Kier alpha value is -2.59. The molecule has 2 aromatic heterocycles. The van der Waals surface area contributed by atoms with E-state index in [9.17, 15) is 0 Å². The second-order valence-corrected chi connectivity index (χ2v) is 6.90. The molecule has 0 atom stereocenters. The van der Waals surface area contributed by atoms with Crippen LogP contribution in [-0.2, 0) is 7.05 Å². The van der Waals surface area contributed by atoms with E-state index in [1.165, 1.54) is 27.4 Å². The van der Waals surface area contributed by atoms with E-state index in [0.29, 0.717) is 0 Å². The van der Waals surface area contributed by atoms with Crippen LogP contribution in [-0.4, -0.2) is 10.8 Å². The first-order valence-electron chi connectivity index (χ1n) is 8.33. The molecule has 2 aromatic carbocycles. The average molecular weight is 347 g/mol. The first kappa shape index (κ1) is 15.9. The van der Waals surface area contributed by atoms with Gasteiger partial charge in [-0.2, -0.15) is 4.57 Å². The molecule has 0 spiro atoms. The fourth-order valence-electron chi connectivity index (χ4n) is 3.45. The van der Waals surface area contributed by atoms with Gasteiger partial charge in [-0.15, -0.1) is 16.3 Å². The maximum absolute atomic E-state index is 2.36. The molecule has 0 amide bonds. The Labute approximate surface area is 152 Å². The van der Waals surface area contributed by atoms with E-state index in [2.05, 4.69) is 107 Å². The summed E-state index contributed by atoms with van der Waals surface area (Å²) in [6, 6.07) is 23.5. The topological polar surface area (TPSA) is 12.7 Å². The minimum Gasteiger partial charge on any atom is -0.205 e. The molecule has 4 heteroatoms. The maximum atomic E-state index is 2.36. The van der Waals surface area contributed by atoms with E-state index in [1.807, 2.05) is 0 Å². The fourth-order valence-corrected chi connectivity index (χ4v) is 4.03. The molecule has 0 saturated heterocycles. The standard InChI is InChI=1S/C21H21N3S/c1-16-23(19-12-6-7-13-20(19)25-3)17-10-4-5-11-18(17)24(16)21-14-8-9-15-22(21)2/h4-15H,1-3H3/q+2. The molecular formula is C21H21N3S+2. The summed E-state index contributed by atoms with van der Waals surface area (Å²) in [6.07, 6.45) is 4.22. The summed E-state index contributed by atoms with van der Waals surface area (Å²) in [7, 11) is 2.09. The van der Waals surface area contributed by atoms with Gasteiger partial charge in [-0.1, -0.05) is 24.3 Å². The predicted molar refractivity (Wildman–Crippen MR) is 103 cm³/mol. The molecular weight excluding hydrogens is 326 g/mol. The van der Waals surface area contributed by atoms with Crippen LogP contribution < -0.4 is 9.13 Å². The van der Waals surface area contributed by atoms with Crippen LogP contribution in [0.5, 0.6) is 0 Å². The molecule has 0 radical (unpaired) electrons. The van der Waals surface area contributed by atoms with E-state index in [1.54, 1.807) is 11.8 Å². The van der Waals surface area contributed by atoms with Crippen LogP contribution >= 0.6 is 11.8 Å². The summed E-state index contributed by atoms with van der Waals surface area (Å²) < 4.78 is 6.84. The van der Waals surface area contributed by atoms with E-state index in [-0.39, 0.29) is 0 Å². The van der Waals surface area contributed by atoms with Crippen molar-refractivity contribution in [2.75, 3.05) is 6.26 Å². The summed E-state index contributed by atoms with van der Waals surface area (Å²) in [6.45, 7) is 2.18. The number of aryl methyl sites for hydroxylation is 1. The average Bonchev–Trinajstić information content (AvgIpc) is 2.94. The number of hydrogen-bond acceptors (Lipinski definition) is 1. The zero-order valence-electron chi connectivity index (χ0n) is 14.7. The lowest BCUT2D eigenvalue weighted by atomic mass is 10.2. The molecule has 3 nitrogen and oxygen atoms in total. The van der Waals surface area contributed by atoms with Crippen molar-refractivity contribution in [1.29, 1.82) is 0 Å². The fraction of sp³-hybridized carbons (Fsp3) is 0.143. The number of thioether (sulfide) groups is 1. The van der Waals surface area contributed by atoms with Gasteiger partial charge in [0.15, 0.2) is 5.69 Å². The van der Waals surface area contributed by atoms with Crippen LogP contribution in [0, 0.1) is 6.92 Å². The van der Waals surface area contributed by atoms with Gasteiger partial charge < -0.3 is 0 Å². The molecule has 4 aromatic rings. The number of benzene rings is 2. The maximum Gasteiger partial charge on any atom is 0.345 e. The highest BCUT2D eigenvalue weighted by molar-refractivity contribution is 7.98. The molecule has 0 aliphatic heterocycles. The summed E-state index contributed by atoms with van der Waals surface area (Å²) in [5.74, 6) is 2.33. The van der Waals surface area contributed by atoms with Gasteiger partial charge in [0.1, 0.15) is 13.2 Å². The summed E-state index contributed by atoms with van der Waals surface area (Å²) in [5.41, 5.74) is 3.64. The molecule has 0 saturated carbocycles. The molecule has 0 aliphatic carbocycles. The molecule has 0 bridgehead atoms. The van der Waals surface area contributed by atoms with Crippen LogP contribution in [0.4, 0.5) is 0 Å². The van der Waals surface area contributed by atoms with Crippen molar-refractivity contribution in [2.24, 2.45) is 7.05 Å². The Bertz CT molecular complexity index is 1070. The number of nitrogens with zero attached hydrogens (tertiary/aromatic N) is 3. The van der Waals surface area contributed by atoms with Gasteiger partial charge in [-0.05, 0) is 42.7 Å². The smallest absolute Gasteiger partial charge is 0.205 e. The third-order valence-electron chi connectivity index (χ3n) is 4.59. The van der Waals surface area contributed by atoms with Crippen molar-refractivity contribution in [3.63, 3.8) is 0 Å². The van der Waals surface area contributed by atoms with Crippen molar-refractivity contribution >= 4 is 22.8 Å². The number of pyridine rings is 1. The number of para-hydroxylation sites is 3. The van der Waals surface area contributed by atoms with Crippen LogP contribution in [0.25, 0.3) is 22.5 Å². The Morgan fingerprint density at radius 1 is 0.880 bits per heavy atom. The van der Waals surface area contributed by atoms with Crippen molar-refractivity contribution in [2.45, 2.75) is 11.8 Å². The number of rotatable bonds is 3. The van der Waals surface area contributed by atoms with E-state index >= 15 is 0 Å². The number of hydrogen-bond donors (Lipinski definition) is 0. The molecule has 0 fully saturated rings. The molecule has 0 aliphatic rings. The SMILES string of the molecule is CSc1ccccc1-n1c(C)[n+](-c2cccc[n+]2C)c2ccccc21. The van der Waals surface area contributed by atoms with Gasteiger partial charge in [0, 0.05) is 6.07 Å². The van der Waals surface area contributed by atoms with Gasteiger partial charge in [0.2, 0.25) is 11.0 Å². The Morgan fingerprint density at radius 2 is 1.60 bits per heavy atom. The first-order chi connectivity index (χ1) is 12.2. The van der Waals surface area contributed by atoms with Crippen LogP contribution in [0.1, 0.15) is 5.82 Å². The second kappa shape index (κ2) is 6.37. The highest BCUT2D eigenvalue weighted by Gasteiger charge is 2.31. The van der Waals surface area contributed by atoms with Crippen molar-refractivity contribution in [1.82, 2.24) is 4.57 Å². The van der Waals surface area contributed by atoms with Crippen molar-refractivity contribution in [3.05, 3.63) is 78.8 Å². The number of fused-ring (bicyclic) bond motifs is 1. The number of aromatic nitrogens is 3. The monoisotopic (exact) mass is 347 g/mol. The third kappa shape index (κ3) is 2.53. The minimum absolute atomic E-state index is 1.15. The molecule has 25 heavy (non-hydrogen) atoms. The quantitative estimate of drug-likeness (QED) is 0.406. The van der Waals surface area contributed by atoms with E-state index in [0.717, 1.165) is 5.82 Å². The van der Waals surface area contributed by atoms with Crippen LogP contribution in [0.15, 0.2) is 77.8 Å². The molecule has 124 valence electrons. The zero-order chi connectivity index (χ0) is 17.4. The highest BCUT2D eigenvalue weighted by Crippen LogP contribution is 2.28. The van der Waals surface area contributed by atoms with Crippen LogP contribution in [0.3, 0.4) is 0 Å². The minimum atomic E-state index is 1.15. The summed E-state index contributed by atoms with van der Waals surface area (Å²) in [4.78, 5) is 1.27. The lowest BCUT2D eigenvalue weighted by Gasteiger charge is -2.03. The predicted octanol–water partition coefficient (Wildman–Crippen LogP) is 3.76. The van der Waals surface area contributed by atoms with Crippen LogP contribution in [0.2, 0.25) is 0 Å². The number of imidazole rings is 1. The third-order valence-corrected chi connectivity index (χ3v) is 5.38. The van der Waals surface area contributed by atoms with Gasteiger partial charge >= 0.3 is 11.6 Å². The molecule has 0 unspecified atom stereocenters. The van der Waals surface area contributed by atoms with Gasteiger partial charge in [0.25, 0.3) is 0 Å². The second-order valence-electron chi connectivity index (χ2n) is 6.05. The summed E-state index contributed by atoms with van der Waals surface area (Å²) in [5, 5.41) is 0. The Balaban J connectivity index is 2.11. The van der Waals surface area contributed by atoms with Gasteiger partial charge in [-0.25, -0.2) is 4.57 Å². The van der Waals surface area contributed by atoms with E-state index in [4.69, 9.17) is 0 Å². The first-order valence-corrected chi connectivity index (χ1v) is 9.55. The normalized spacial score (nSPS) is 11.2. The van der Waals surface area contributed by atoms with Crippen molar-refractivity contribution < 1.29 is 9.13 Å². The lowest BCUT2D eigenvalue weighted by molar-refractivity contribution is -0.771. The van der Waals surface area contributed by atoms with Crippen molar-refractivity contribution in [3.8, 4) is 11.5 Å². The Kier molecular flexibility index (Phi) is 4.06. The summed E-state index contributed by atoms with van der Waals surface area (Å²) >= 11 is 1.78.